The third-order valence-electron chi connectivity index (χ3n) is 6.13. The molecule has 1 aliphatic carbocycles. The Bertz CT molecular complexity index is 1190. The molecular formula is C22H23FN4O2S. The summed E-state index contributed by atoms with van der Waals surface area (Å²) in [7, 11) is 1.77. The molecule has 0 atom stereocenters. The maximum Gasteiger partial charge on any atom is 0.263 e. The molecule has 0 bridgehead atoms. The summed E-state index contributed by atoms with van der Waals surface area (Å²) >= 11 is 1.65. The molecule has 156 valence electrons. The second-order valence-electron chi connectivity index (χ2n) is 7.93. The number of carbonyl (C=O) groups excluding carboxylic acids is 1. The van der Waals surface area contributed by atoms with E-state index < -0.39 is 5.82 Å². The largest absolute Gasteiger partial charge is 0.339 e. The molecule has 0 spiro atoms. The summed E-state index contributed by atoms with van der Waals surface area (Å²) in [4.78, 5) is 36.5. The first kappa shape index (κ1) is 19.2. The molecule has 1 amide bonds. The van der Waals surface area contributed by atoms with E-state index in [1.54, 1.807) is 40.0 Å². The summed E-state index contributed by atoms with van der Waals surface area (Å²) in [6.07, 6.45) is 4.29. The van der Waals surface area contributed by atoms with Crippen LogP contribution in [0, 0.1) is 5.82 Å². The molecule has 0 unspecified atom stereocenters. The van der Waals surface area contributed by atoms with Crippen molar-refractivity contribution in [3.63, 3.8) is 0 Å². The Hall–Kier alpha value is -2.74. The van der Waals surface area contributed by atoms with Crippen LogP contribution < -0.4 is 10.5 Å². The van der Waals surface area contributed by atoms with E-state index in [1.807, 2.05) is 4.90 Å². The van der Waals surface area contributed by atoms with Crippen molar-refractivity contribution in [1.82, 2.24) is 14.5 Å². The van der Waals surface area contributed by atoms with Crippen molar-refractivity contribution in [3.8, 4) is 0 Å². The molecular weight excluding hydrogens is 403 g/mol. The number of halogens is 1. The summed E-state index contributed by atoms with van der Waals surface area (Å²) in [5, 5.41) is 0.786. The number of hydrogen-bond acceptors (Lipinski definition) is 5. The molecule has 30 heavy (non-hydrogen) atoms. The average Bonchev–Trinajstić information content (AvgIpc) is 3.15. The summed E-state index contributed by atoms with van der Waals surface area (Å²) in [6, 6.07) is 6.07. The molecule has 1 saturated heterocycles. The van der Waals surface area contributed by atoms with Crippen molar-refractivity contribution in [1.29, 1.82) is 0 Å². The van der Waals surface area contributed by atoms with Crippen LogP contribution in [0.2, 0.25) is 0 Å². The third kappa shape index (κ3) is 3.10. The molecule has 1 aromatic carbocycles. The molecule has 2 aliphatic rings. The lowest BCUT2D eigenvalue weighted by Gasteiger charge is -2.35. The van der Waals surface area contributed by atoms with Crippen molar-refractivity contribution >= 4 is 33.4 Å². The van der Waals surface area contributed by atoms with Gasteiger partial charge in [-0.15, -0.1) is 11.3 Å². The zero-order valence-corrected chi connectivity index (χ0v) is 17.7. The number of anilines is 1. The number of carbonyl (C=O) groups is 1. The molecule has 1 aliphatic heterocycles. The van der Waals surface area contributed by atoms with E-state index in [1.165, 1.54) is 29.0 Å². The first-order valence-corrected chi connectivity index (χ1v) is 11.2. The predicted octanol–water partition coefficient (Wildman–Crippen LogP) is 2.98. The van der Waals surface area contributed by atoms with E-state index in [2.05, 4.69) is 0 Å². The SMILES string of the molecule is Cn1c(N2CCN(C(=O)c3ccccc3F)CC2)nc2sc3c(c2c1=O)CCCC3. The molecule has 5 rings (SSSR count). The standard InChI is InChI=1S/C22H23FN4O2S/c1-25-21(29)18-15-7-3-5-9-17(15)30-19(18)24-22(25)27-12-10-26(11-13-27)20(28)14-6-2-4-8-16(14)23/h2,4,6,8H,3,5,7,9-13H2,1H3. The first-order chi connectivity index (χ1) is 14.5. The quantitative estimate of drug-likeness (QED) is 0.632. The molecule has 0 radical (unpaired) electrons. The average molecular weight is 427 g/mol. The van der Waals surface area contributed by atoms with Gasteiger partial charge in [0.2, 0.25) is 5.95 Å². The van der Waals surface area contributed by atoms with Gasteiger partial charge in [0, 0.05) is 38.1 Å². The number of thiophene rings is 1. The molecule has 8 heteroatoms. The summed E-state index contributed by atoms with van der Waals surface area (Å²) in [5.74, 6) is -0.152. The number of amides is 1. The van der Waals surface area contributed by atoms with Gasteiger partial charge in [-0.2, -0.15) is 0 Å². The normalized spacial score (nSPS) is 16.7. The topological polar surface area (TPSA) is 58.4 Å². The van der Waals surface area contributed by atoms with Crippen molar-refractivity contribution < 1.29 is 9.18 Å². The number of nitrogens with zero attached hydrogens (tertiary/aromatic N) is 4. The van der Waals surface area contributed by atoms with Gasteiger partial charge in [0.15, 0.2) is 0 Å². The minimum Gasteiger partial charge on any atom is -0.339 e. The Morgan fingerprint density at radius 1 is 1.10 bits per heavy atom. The van der Waals surface area contributed by atoms with E-state index in [9.17, 15) is 14.0 Å². The fourth-order valence-corrected chi connectivity index (χ4v) is 5.72. The monoisotopic (exact) mass is 426 g/mol. The fraction of sp³-hybridized carbons (Fsp3) is 0.409. The van der Waals surface area contributed by atoms with Gasteiger partial charge in [0.25, 0.3) is 11.5 Å². The number of rotatable bonds is 2. The van der Waals surface area contributed by atoms with Gasteiger partial charge in [0.1, 0.15) is 10.6 Å². The van der Waals surface area contributed by atoms with Crippen LogP contribution in [0.1, 0.15) is 33.6 Å². The smallest absolute Gasteiger partial charge is 0.263 e. The van der Waals surface area contributed by atoms with Gasteiger partial charge in [-0.1, -0.05) is 12.1 Å². The highest BCUT2D eigenvalue weighted by atomic mass is 32.1. The predicted molar refractivity (Wildman–Crippen MR) is 116 cm³/mol. The highest BCUT2D eigenvalue weighted by molar-refractivity contribution is 7.18. The van der Waals surface area contributed by atoms with E-state index in [-0.39, 0.29) is 17.0 Å². The van der Waals surface area contributed by atoms with Crippen LogP contribution in [0.25, 0.3) is 10.2 Å². The maximum absolute atomic E-state index is 14.0. The van der Waals surface area contributed by atoms with Crippen LogP contribution in [0.15, 0.2) is 29.1 Å². The van der Waals surface area contributed by atoms with Crippen LogP contribution in [-0.4, -0.2) is 46.5 Å². The molecule has 0 N–H and O–H groups in total. The zero-order valence-electron chi connectivity index (χ0n) is 16.9. The number of benzene rings is 1. The summed E-state index contributed by atoms with van der Waals surface area (Å²) in [6.45, 7) is 2.03. The van der Waals surface area contributed by atoms with Gasteiger partial charge in [-0.05, 0) is 43.4 Å². The van der Waals surface area contributed by atoms with E-state index >= 15 is 0 Å². The molecule has 2 aromatic heterocycles. The zero-order chi connectivity index (χ0) is 20.8. The lowest BCUT2D eigenvalue weighted by Crippen LogP contribution is -2.50. The maximum atomic E-state index is 14.0. The Morgan fingerprint density at radius 2 is 1.83 bits per heavy atom. The first-order valence-electron chi connectivity index (χ1n) is 10.3. The third-order valence-corrected chi connectivity index (χ3v) is 7.31. The summed E-state index contributed by atoms with van der Waals surface area (Å²) < 4.78 is 15.6. The summed E-state index contributed by atoms with van der Waals surface area (Å²) in [5.41, 5.74) is 1.31. The highest BCUT2D eigenvalue weighted by Crippen LogP contribution is 2.34. The number of fused-ring (bicyclic) bond motifs is 3. The Labute approximate surface area is 177 Å². The minimum atomic E-state index is -0.499. The minimum absolute atomic E-state index is 0.0132. The van der Waals surface area contributed by atoms with E-state index in [0.29, 0.717) is 32.1 Å². The van der Waals surface area contributed by atoms with Crippen LogP contribution in [0.3, 0.4) is 0 Å². The molecule has 3 aromatic rings. The van der Waals surface area contributed by atoms with Crippen LogP contribution in [-0.2, 0) is 19.9 Å². The van der Waals surface area contributed by atoms with Crippen molar-refractivity contribution in [3.05, 3.63) is 56.4 Å². The lowest BCUT2D eigenvalue weighted by atomic mass is 9.97. The lowest BCUT2D eigenvalue weighted by molar-refractivity contribution is 0.0741. The molecule has 6 nitrogen and oxygen atoms in total. The second-order valence-corrected chi connectivity index (χ2v) is 9.01. The van der Waals surface area contributed by atoms with Crippen molar-refractivity contribution in [2.24, 2.45) is 7.05 Å². The number of piperazine rings is 1. The van der Waals surface area contributed by atoms with Gasteiger partial charge in [-0.25, -0.2) is 9.37 Å². The van der Waals surface area contributed by atoms with E-state index in [0.717, 1.165) is 29.5 Å². The van der Waals surface area contributed by atoms with E-state index in [4.69, 9.17) is 4.98 Å². The van der Waals surface area contributed by atoms with Gasteiger partial charge < -0.3 is 9.80 Å². The fourth-order valence-electron chi connectivity index (χ4n) is 4.47. The Morgan fingerprint density at radius 3 is 2.60 bits per heavy atom. The number of aryl methyl sites for hydroxylation is 2. The Balaban J connectivity index is 1.40. The number of hydrogen-bond donors (Lipinski definition) is 0. The van der Waals surface area contributed by atoms with Gasteiger partial charge in [0.05, 0.1) is 10.9 Å². The second kappa shape index (κ2) is 7.50. The van der Waals surface area contributed by atoms with Crippen LogP contribution in [0.4, 0.5) is 10.3 Å². The van der Waals surface area contributed by atoms with Crippen molar-refractivity contribution in [2.45, 2.75) is 25.7 Å². The number of aromatic nitrogens is 2. The van der Waals surface area contributed by atoms with Crippen LogP contribution >= 0.6 is 11.3 Å². The Kier molecular flexibility index (Phi) is 4.81. The molecule has 1 fully saturated rings. The van der Waals surface area contributed by atoms with Crippen molar-refractivity contribution in [2.75, 3.05) is 31.1 Å². The van der Waals surface area contributed by atoms with Gasteiger partial charge >= 0.3 is 0 Å². The highest BCUT2D eigenvalue weighted by Gasteiger charge is 2.27. The molecule has 3 heterocycles. The molecule has 0 saturated carbocycles. The van der Waals surface area contributed by atoms with Crippen LogP contribution in [0.5, 0.6) is 0 Å². The van der Waals surface area contributed by atoms with Gasteiger partial charge in [-0.3, -0.25) is 14.2 Å².